The summed E-state index contributed by atoms with van der Waals surface area (Å²) in [5, 5.41) is 3.57. The molecule has 0 radical (unpaired) electrons. The molecule has 2 aliphatic heterocycles. The van der Waals surface area contributed by atoms with Crippen LogP contribution in [0.4, 0.5) is 11.4 Å². The Balaban J connectivity index is 1.37. The second-order valence-electron chi connectivity index (χ2n) is 7.33. The molecule has 2 saturated heterocycles. The van der Waals surface area contributed by atoms with Gasteiger partial charge in [0, 0.05) is 54.7 Å². The summed E-state index contributed by atoms with van der Waals surface area (Å²) in [4.78, 5) is 29.3. The first-order valence-corrected chi connectivity index (χ1v) is 10.3. The minimum atomic E-state index is -0.395. The number of piperazine rings is 1. The molecule has 0 spiro atoms. The number of anilines is 2. The van der Waals surface area contributed by atoms with Gasteiger partial charge in [-0.2, -0.15) is 0 Å². The van der Waals surface area contributed by atoms with E-state index in [1.54, 1.807) is 24.3 Å². The van der Waals surface area contributed by atoms with Crippen LogP contribution in [-0.4, -0.2) is 55.6 Å². The van der Waals surface area contributed by atoms with E-state index < -0.39 is 6.10 Å². The largest absolute Gasteiger partial charge is 0.368 e. The van der Waals surface area contributed by atoms with Gasteiger partial charge >= 0.3 is 0 Å². The van der Waals surface area contributed by atoms with Crippen molar-refractivity contribution in [3.05, 3.63) is 59.1 Å². The van der Waals surface area contributed by atoms with Crippen molar-refractivity contribution in [1.29, 1.82) is 0 Å². The third-order valence-corrected chi connectivity index (χ3v) is 5.57. The number of hydrogen-bond acceptors (Lipinski definition) is 4. The lowest BCUT2D eigenvalue weighted by Gasteiger charge is -2.36. The van der Waals surface area contributed by atoms with Gasteiger partial charge in [-0.3, -0.25) is 9.59 Å². The molecule has 4 rings (SSSR count). The van der Waals surface area contributed by atoms with E-state index in [1.165, 1.54) is 0 Å². The average molecular weight is 414 g/mol. The molecular weight excluding hydrogens is 390 g/mol. The highest BCUT2D eigenvalue weighted by atomic mass is 35.5. The Hall–Kier alpha value is -2.57. The number of nitrogens with zero attached hydrogens (tertiary/aromatic N) is 2. The van der Waals surface area contributed by atoms with Crippen LogP contribution in [0.1, 0.15) is 23.2 Å². The molecule has 1 unspecified atom stereocenters. The van der Waals surface area contributed by atoms with Gasteiger partial charge in [-0.15, -0.1) is 0 Å². The Labute approximate surface area is 175 Å². The topological polar surface area (TPSA) is 61.9 Å². The molecule has 0 saturated carbocycles. The van der Waals surface area contributed by atoms with Crippen LogP contribution in [-0.2, 0) is 9.53 Å². The van der Waals surface area contributed by atoms with Crippen LogP contribution < -0.4 is 10.2 Å². The maximum Gasteiger partial charge on any atom is 0.254 e. The quantitative estimate of drug-likeness (QED) is 0.834. The Kier molecular flexibility index (Phi) is 6.02. The second-order valence-corrected chi connectivity index (χ2v) is 7.77. The molecule has 0 bridgehead atoms. The van der Waals surface area contributed by atoms with Gasteiger partial charge in [0.15, 0.2) is 0 Å². The number of carbonyl (C=O) groups excluding carboxylic acids is 2. The fourth-order valence-corrected chi connectivity index (χ4v) is 3.94. The highest BCUT2D eigenvalue weighted by Gasteiger charge is 2.25. The number of halogens is 1. The van der Waals surface area contributed by atoms with Gasteiger partial charge in [-0.1, -0.05) is 23.7 Å². The van der Waals surface area contributed by atoms with Crippen molar-refractivity contribution in [2.45, 2.75) is 18.9 Å². The Bertz CT molecular complexity index is 890. The van der Waals surface area contributed by atoms with Gasteiger partial charge in [0.05, 0.1) is 0 Å². The lowest BCUT2D eigenvalue weighted by Crippen LogP contribution is -2.48. The van der Waals surface area contributed by atoms with Crippen LogP contribution in [0.25, 0.3) is 0 Å². The van der Waals surface area contributed by atoms with Crippen LogP contribution in [0.2, 0.25) is 5.02 Å². The Morgan fingerprint density at radius 2 is 1.83 bits per heavy atom. The van der Waals surface area contributed by atoms with Crippen molar-refractivity contribution in [3.63, 3.8) is 0 Å². The molecule has 2 aromatic rings. The number of hydrogen-bond donors (Lipinski definition) is 1. The number of benzene rings is 2. The molecule has 1 N–H and O–H groups in total. The summed E-state index contributed by atoms with van der Waals surface area (Å²) in [5.74, 6) is -0.175. The van der Waals surface area contributed by atoms with Crippen LogP contribution in [0.3, 0.4) is 0 Å². The smallest absolute Gasteiger partial charge is 0.254 e. The van der Waals surface area contributed by atoms with E-state index in [4.69, 9.17) is 16.3 Å². The minimum absolute atomic E-state index is 0.0241. The van der Waals surface area contributed by atoms with Gasteiger partial charge in [-0.25, -0.2) is 0 Å². The summed E-state index contributed by atoms with van der Waals surface area (Å²) < 4.78 is 5.41. The van der Waals surface area contributed by atoms with E-state index >= 15 is 0 Å². The molecule has 0 aliphatic carbocycles. The van der Waals surface area contributed by atoms with E-state index in [2.05, 4.69) is 10.2 Å². The monoisotopic (exact) mass is 413 g/mol. The summed E-state index contributed by atoms with van der Waals surface area (Å²) >= 11 is 6.09. The molecule has 2 fully saturated rings. The SMILES string of the molecule is O=C(Nc1cccc(C(=O)N2CCN(c3cccc(Cl)c3)CC2)c1)C1CCCO1. The molecular formula is C22H24ClN3O3. The van der Waals surface area contributed by atoms with Gasteiger partial charge in [0.1, 0.15) is 6.10 Å². The fraction of sp³-hybridized carbons (Fsp3) is 0.364. The maximum absolute atomic E-state index is 12.9. The Morgan fingerprint density at radius 1 is 1.03 bits per heavy atom. The highest BCUT2D eigenvalue weighted by molar-refractivity contribution is 6.30. The first-order valence-electron chi connectivity index (χ1n) is 9.92. The predicted octanol–water partition coefficient (Wildman–Crippen LogP) is 3.42. The number of nitrogens with one attached hydrogen (secondary N) is 1. The van der Waals surface area contributed by atoms with Gasteiger partial charge in [0.2, 0.25) is 0 Å². The summed E-state index contributed by atoms with van der Waals surface area (Å²) in [6, 6.07) is 14.9. The molecule has 2 amide bonds. The third kappa shape index (κ3) is 4.71. The number of carbonyl (C=O) groups is 2. The van der Waals surface area contributed by atoms with Gasteiger partial charge < -0.3 is 19.9 Å². The molecule has 6 nitrogen and oxygen atoms in total. The van der Waals surface area contributed by atoms with Crippen LogP contribution in [0.15, 0.2) is 48.5 Å². The standard InChI is InChI=1S/C22H24ClN3O3/c23-17-5-2-7-19(15-17)25-9-11-26(12-10-25)22(28)16-4-1-6-18(14-16)24-21(27)20-8-3-13-29-20/h1-2,4-7,14-15,20H,3,8-13H2,(H,24,27). The van der Waals surface area contributed by atoms with Gasteiger partial charge in [-0.05, 0) is 49.2 Å². The normalized spacial score (nSPS) is 19.3. The molecule has 7 heteroatoms. The summed E-state index contributed by atoms with van der Waals surface area (Å²) in [7, 11) is 0. The van der Waals surface area contributed by atoms with E-state index in [0.717, 1.165) is 31.6 Å². The summed E-state index contributed by atoms with van der Waals surface area (Å²) in [6.07, 6.45) is 1.24. The van der Waals surface area contributed by atoms with E-state index in [1.807, 2.05) is 29.2 Å². The summed E-state index contributed by atoms with van der Waals surface area (Å²) in [6.45, 7) is 3.40. The number of amides is 2. The predicted molar refractivity (Wildman–Crippen MR) is 114 cm³/mol. The molecule has 2 aliphatic rings. The van der Waals surface area contributed by atoms with Crippen molar-refractivity contribution in [1.82, 2.24) is 4.90 Å². The van der Waals surface area contributed by atoms with E-state index in [-0.39, 0.29) is 11.8 Å². The lowest BCUT2D eigenvalue weighted by molar-refractivity contribution is -0.124. The minimum Gasteiger partial charge on any atom is -0.368 e. The molecule has 2 aromatic carbocycles. The first-order chi connectivity index (χ1) is 14.1. The zero-order valence-electron chi connectivity index (χ0n) is 16.1. The lowest BCUT2D eigenvalue weighted by atomic mass is 10.1. The Morgan fingerprint density at radius 3 is 2.55 bits per heavy atom. The molecule has 29 heavy (non-hydrogen) atoms. The fourth-order valence-electron chi connectivity index (χ4n) is 3.76. The van der Waals surface area contributed by atoms with E-state index in [0.29, 0.717) is 36.0 Å². The highest BCUT2D eigenvalue weighted by Crippen LogP contribution is 2.22. The van der Waals surface area contributed by atoms with Crippen molar-refractivity contribution >= 4 is 34.8 Å². The zero-order chi connectivity index (χ0) is 20.2. The van der Waals surface area contributed by atoms with Crippen molar-refractivity contribution < 1.29 is 14.3 Å². The maximum atomic E-state index is 12.9. The first kappa shape index (κ1) is 19.7. The van der Waals surface area contributed by atoms with Gasteiger partial charge in [0.25, 0.3) is 11.8 Å². The summed E-state index contributed by atoms with van der Waals surface area (Å²) in [5.41, 5.74) is 2.27. The third-order valence-electron chi connectivity index (χ3n) is 5.34. The average Bonchev–Trinajstić information content (AvgIpc) is 3.29. The van der Waals surface area contributed by atoms with Crippen molar-refractivity contribution in [3.8, 4) is 0 Å². The van der Waals surface area contributed by atoms with Crippen LogP contribution in [0, 0.1) is 0 Å². The molecule has 152 valence electrons. The molecule has 2 heterocycles. The van der Waals surface area contributed by atoms with Crippen molar-refractivity contribution in [2.75, 3.05) is 43.0 Å². The number of rotatable bonds is 4. The van der Waals surface area contributed by atoms with E-state index in [9.17, 15) is 9.59 Å². The molecule has 1 atom stereocenters. The zero-order valence-corrected chi connectivity index (χ0v) is 16.9. The van der Waals surface area contributed by atoms with Crippen LogP contribution in [0.5, 0.6) is 0 Å². The second kappa shape index (κ2) is 8.84. The molecule has 0 aromatic heterocycles. The van der Waals surface area contributed by atoms with Crippen molar-refractivity contribution in [2.24, 2.45) is 0 Å². The van der Waals surface area contributed by atoms with Crippen LogP contribution >= 0.6 is 11.6 Å². The number of ether oxygens (including phenoxy) is 1.